The Morgan fingerprint density at radius 3 is 1.63 bits per heavy atom. The van der Waals surface area contributed by atoms with Crippen molar-refractivity contribution >= 4 is 54.1 Å². The van der Waals surface area contributed by atoms with Gasteiger partial charge in [0.05, 0.1) is 11.0 Å². The minimum Gasteiger partial charge on any atom is -0.309 e. The lowest BCUT2D eigenvalue weighted by Gasteiger charge is -2.11. The van der Waals surface area contributed by atoms with Gasteiger partial charge in [-0.1, -0.05) is 127 Å². The molecule has 0 aliphatic heterocycles. The predicted molar refractivity (Wildman–Crippen MR) is 201 cm³/mol. The van der Waals surface area contributed by atoms with Crippen LogP contribution in [0.5, 0.6) is 0 Å². The van der Waals surface area contributed by atoms with E-state index in [1.165, 1.54) is 37.7 Å². The number of fused-ring (bicyclic) bond motifs is 8. The first-order valence-electron chi connectivity index (χ1n) is 16.4. The van der Waals surface area contributed by atoms with Crippen molar-refractivity contribution in [3.63, 3.8) is 0 Å². The Balaban J connectivity index is 1.21. The second-order valence-electron chi connectivity index (χ2n) is 12.3. The first kappa shape index (κ1) is 27.4. The van der Waals surface area contributed by atoms with Gasteiger partial charge >= 0.3 is 0 Å². The molecule has 0 saturated carbocycles. The fourth-order valence-electron chi connectivity index (χ4n) is 7.17. The third-order valence-electron chi connectivity index (χ3n) is 9.45. The number of hydrogen-bond acceptors (Lipinski definition) is 4. The number of benzene rings is 7. The minimum absolute atomic E-state index is 0.524. The standard InChI is InChI=1S/C44H27N5/c1-2-13-31(14-3-1)42-46-43(33-19-18-28-10-4-5-15-32(28)26-33)48-44(47-42)37-27-34(24-25-45-37)49-38-22-20-29-11-6-8-16-35(29)40(38)41-36-17-9-7-12-30(36)21-23-39(41)49/h1-27H. The topological polar surface area (TPSA) is 56.5 Å². The van der Waals surface area contributed by atoms with Gasteiger partial charge in [0.25, 0.3) is 0 Å². The summed E-state index contributed by atoms with van der Waals surface area (Å²) in [6.07, 6.45) is 1.85. The van der Waals surface area contributed by atoms with Crippen LogP contribution in [0.2, 0.25) is 0 Å². The lowest BCUT2D eigenvalue weighted by molar-refractivity contribution is 1.05. The zero-order chi connectivity index (χ0) is 32.3. The zero-order valence-corrected chi connectivity index (χ0v) is 26.3. The van der Waals surface area contributed by atoms with Gasteiger partial charge < -0.3 is 4.57 Å². The first-order chi connectivity index (χ1) is 24.3. The van der Waals surface area contributed by atoms with Gasteiger partial charge in [-0.25, -0.2) is 15.0 Å². The smallest absolute Gasteiger partial charge is 0.182 e. The highest BCUT2D eigenvalue weighted by atomic mass is 15.1. The second-order valence-corrected chi connectivity index (χ2v) is 12.3. The van der Waals surface area contributed by atoms with Crippen molar-refractivity contribution in [3.8, 4) is 40.0 Å². The minimum atomic E-state index is 0.524. The van der Waals surface area contributed by atoms with Crippen molar-refractivity contribution in [2.75, 3.05) is 0 Å². The van der Waals surface area contributed by atoms with Crippen molar-refractivity contribution in [2.24, 2.45) is 0 Å². The van der Waals surface area contributed by atoms with Gasteiger partial charge in [-0.3, -0.25) is 4.98 Å². The highest BCUT2D eigenvalue weighted by Gasteiger charge is 2.19. The average molecular weight is 626 g/mol. The molecular weight excluding hydrogens is 599 g/mol. The van der Waals surface area contributed by atoms with Crippen LogP contribution < -0.4 is 0 Å². The largest absolute Gasteiger partial charge is 0.309 e. The molecule has 0 aliphatic rings. The second kappa shape index (κ2) is 10.9. The Kier molecular flexibility index (Phi) is 6.11. The molecule has 10 rings (SSSR count). The highest BCUT2D eigenvalue weighted by molar-refractivity contribution is 6.28. The Labute approximate surface area is 281 Å². The van der Waals surface area contributed by atoms with Gasteiger partial charge in [-0.15, -0.1) is 0 Å². The van der Waals surface area contributed by atoms with E-state index in [4.69, 9.17) is 19.9 Å². The number of pyridine rings is 1. The Morgan fingerprint density at radius 1 is 0.388 bits per heavy atom. The molecule has 228 valence electrons. The highest BCUT2D eigenvalue weighted by Crippen LogP contribution is 2.40. The van der Waals surface area contributed by atoms with Crippen LogP contribution in [0.4, 0.5) is 0 Å². The van der Waals surface area contributed by atoms with Crippen LogP contribution in [0.25, 0.3) is 94.1 Å². The molecule has 5 heteroatoms. The fourth-order valence-corrected chi connectivity index (χ4v) is 7.17. The molecule has 0 amide bonds. The lowest BCUT2D eigenvalue weighted by atomic mass is 10.00. The zero-order valence-electron chi connectivity index (χ0n) is 26.3. The van der Waals surface area contributed by atoms with Gasteiger partial charge in [0.1, 0.15) is 5.69 Å². The Morgan fingerprint density at radius 2 is 0.939 bits per heavy atom. The normalized spacial score (nSPS) is 11.7. The molecule has 0 aliphatic carbocycles. The Hall–Kier alpha value is -6.72. The van der Waals surface area contributed by atoms with Crippen LogP contribution in [-0.2, 0) is 0 Å². The van der Waals surface area contributed by atoms with Crippen LogP contribution in [0.15, 0.2) is 164 Å². The van der Waals surface area contributed by atoms with E-state index in [-0.39, 0.29) is 0 Å². The van der Waals surface area contributed by atoms with E-state index >= 15 is 0 Å². The number of rotatable bonds is 4. The van der Waals surface area contributed by atoms with Crippen LogP contribution in [0.1, 0.15) is 0 Å². The summed E-state index contributed by atoms with van der Waals surface area (Å²) in [5.41, 5.74) is 5.79. The maximum Gasteiger partial charge on any atom is 0.182 e. The molecule has 0 unspecified atom stereocenters. The average Bonchev–Trinajstić information content (AvgIpc) is 3.53. The summed E-state index contributed by atoms with van der Waals surface area (Å²) < 4.78 is 2.35. The van der Waals surface area contributed by atoms with Crippen molar-refractivity contribution in [1.82, 2.24) is 24.5 Å². The Bertz CT molecular complexity index is 2800. The molecule has 0 atom stereocenters. The summed E-state index contributed by atoms with van der Waals surface area (Å²) in [6, 6.07) is 55.1. The molecule has 0 spiro atoms. The van der Waals surface area contributed by atoms with Crippen molar-refractivity contribution in [1.29, 1.82) is 0 Å². The van der Waals surface area contributed by atoms with E-state index in [0.717, 1.165) is 33.2 Å². The SMILES string of the molecule is c1ccc(-c2nc(-c3ccc4ccccc4c3)nc(-c3cc(-n4c5ccc6ccccc6c5c5c6ccccc6ccc54)ccn3)n2)cc1. The van der Waals surface area contributed by atoms with E-state index < -0.39 is 0 Å². The first-order valence-corrected chi connectivity index (χ1v) is 16.4. The fraction of sp³-hybridized carbons (Fsp3) is 0. The van der Waals surface area contributed by atoms with Crippen LogP contribution in [0, 0.1) is 0 Å². The lowest BCUT2D eigenvalue weighted by Crippen LogP contribution is -2.02. The number of aromatic nitrogens is 5. The number of nitrogens with zero attached hydrogens (tertiary/aromatic N) is 5. The molecule has 0 saturated heterocycles. The maximum absolute atomic E-state index is 5.04. The summed E-state index contributed by atoms with van der Waals surface area (Å²) in [5.74, 6) is 1.74. The van der Waals surface area contributed by atoms with E-state index in [0.29, 0.717) is 23.2 Å². The predicted octanol–water partition coefficient (Wildman–Crippen LogP) is 10.8. The van der Waals surface area contributed by atoms with Crippen molar-refractivity contribution < 1.29 is 0 Å². The molecule has 0 bridgehead atoms. The molecule has 7 aromatic carbocycles. The van der Waals surface area contributed by atoms with Crippen LogP contribution >= 0.6 is 0 Å². The summed E-state index contributed by atoms with van der Waals surface area (Å²) in [7, 11) is 0. The molecule has 3 heterocycles. The number of hydrogen-bond donors (Lipinski definition) is 0. The quantitative estimate of drug-likeness (QED) is 0.195. The van der Waals surface area contributed by atoms with E-state index in [1.54, 1.807) is 0 Å². The molecule has 49 heavy (non-hydrogen) atoms. The third-order valence-corrected chi connectivity index (χ3v) is 9.45. The van der Waals surface area contributed by atoms with E-state index in [1.807, 2.05) is 36.5 Å². The van der Waals surface area contributed by atoms with Gasteiger partial charge in [0.15, 0.2) is 17.5 Å². The maximum atomic E-state index is 5.04. The van der Waals surface area contributed by atoms with Gasteiger partial charge in [0.2, 0.25) is 0 Å². The van der Waals surface area contributed by atoms with Crippen molar-refractivity contribution in [3.05, 3.63) is 164 Å². The molecule has 3 aromatic heterocycles. The van der Waals surface area contributed by atoms with Crippen LogP contribution in [0.3, 0.4) is 0 Å². The third kappa shape index (κ3) is 4.48. The summed E-state index contributed by atoms with van der Waals surface area (Å²) in [4.78, 5) is 19.8. The molecular formula is C44H27N5. The summed E-state index contributed by atoms with van der Waals surface area (Å²) in [5, 5.41) is 9.70. The molecule has 10 aromatic rings. The monoisotopic (exact) mass is 625 g/mol. The van der Waals surface area contributed by atoms with Gasteiger partial charge in [-0.05, 0) is 62.6 Å². The molecule has 5 nitrogen and oxygen atoms in total. The van der Waals surface area contributed by atoms with Gasteiger partial charge in [-0.2, -0.15) is 0 Å². The summed E-state index contributed by atoms with van der Waals surface area (Å²) in [6.45, 7) is 0. The van der Waals surface area contributed by atoms with Crippen LogP contribution in [-0.4, -0.2) is 24.5 Å². The van der Waals surface area contributed by atoms with Gasteiger partial charge in [0, 0.05) is 33.8 Å². The molecule has 0 N–H and O–H groups in total. The van der Waals surface area contributed by atoms with E-state index in [2.05, 4.69) is 132 Å². The molecule has 0 radical (unpaired) electrons. The molecule has 0 fully saturated rings. The van der Waals surface area contributed by atoms with E-state index in [9.17, 15) is 0 Å². The summed E-state index contributed by atoms with van der Waals surface area (Å²) >= 11 is 0. The van der Waals surface area contributed by atoms with Crippen molar-refractivity contribution in [2.45, 2.75) is 0 Å².